The Kier molecular flexibility index (Phi) is 3.56. The molecule has 1 unspecified atom stereocenters. The van der Waals surface area contributed by atoms with Crippen molar-refractivity contribution in [2.75, 3.05) is 18.0 Å². The number of rotatable bonds is 3. The van der Waals surface area contributed by atoms with Gasteiger partial charge in [-0.3, -0.25) is 0 Å². The van der Waals surface area contributed by atoms with Crippen molar-refractivity contribution in [3.63, 3.8) is 0 Å². The number of aromatic nitrogens is 1. The van der Waals surface area contributed by atoms with Crippen molar-refractivity contribution in [1.29, 1.82) is 0 Å². The van der Waals surface area contributed by atoms with Crippen molar-refractivity contribution in [3.8, 4) is 11.5 Å². The van der Waals surface area contributed by atoms with Gasteiger partial charge in [-0.05, 0) is 48.9 Å². The largest absolute Gasteiger partial charge is 0.508 e. The van der Waals surface area contributed by atoms with Gasteiger partial charge in [0.05, 0.1) is 6.10 Å². The van der Waals surface area contributed by atoms with Gasteiger partial charge in [-0.1, -0.05) is 0 Å². The normalized spacial score (nSPS) is 26.3. The average molecular weight is 313 g/mol. The number of fused-ring (bicyclic) bond motifs is 1. The van der Waals surface area contributed by atoms with Gasteiger partial charge in [0.25, 0.3) is 5.95 Å². The first-order chi connectivity index (χ1) is 11.2. The van der Waals surface area contributed by atoms with E-state index in [1.54, 1.807) is 30.3 Å². The van der Waals surface area contributed by atoms with Crippen molar-refractivity contribution in [3.05, 3.63) is 48.5 Å². The van der Waals surface area contributed by atoms with E-state index in [0.29, 0.717) is 11.8 Å². The van der Waals surface area contributed by atoms with Crippen LogP contribution in [0.1, 0.15) is 12.8 Å². The first-order valence-corrected chi connectivity index (χ1v) is 7.92. The van der Waals surface area contributed by atoms with Crippen LogP contribution in [0.25, 0.3) is 0 Å². The van der Waals surface area contributed by atoms with Gasteiger partial charge in [-0.25, -0.2) is 4.98 Å². The number of nitrogens with zero attached hydrogens (tertiary/aromatic N) is 2. The standard InChI is InChI=1S/C18H18FN2O2/c19-18-17(5-2-6-20-18)23-16-7-12-10-21(11-13(12)8-16)14-3-1-4-15(22)9-14/h1-2,4-6,9,12-13,16,22H,7-8,10-11H2/t12-,13+,16?. The third kappa shape index (κ3) is 2.83. The van der Waals surface area contributed by atoms with Crippen LogP contribution in [0.3, 0.4) is 0 Å². The molecule has 0 bridgehead atoms. The summed E-state index contributed by atoms with van der Waals surface area (Å²) in [6, 6.07) is 11.6. The molecule has 4 rings (SSSR count). The van der Waals surface area contributed by atoms with Gasteiger partial charge < -0.3 is 14.7 Å². The number of hydrogen-bond acceptors (Lipinski definition) is 4. The second kappa shape index (κ2) is 5.72. The average Bonchev–Trinajstić information content (AvgIpc) is 3.08. The summed E-state index contributed by atoms with van der Waals surface area (Å²) in [5, 5.41) is 9.60. The highest BCUT2D eigenvalue weighted by molar-refractivity contribution is 5.50. The van der Waals surface area contributed by atoms with E-state index in [4.69, 9.17) is 4.74 Å². The van der Waals surface area contributed by atoms with Crippen LogP contribution in [0.5, 0.6) is 11.5 Å². The maximum atomic E-state index is 13.6. The summed E-state index contributed by atoms with van der Waals surface area (Å²) in [4.78, 5) is 5.89. The molecule has 1 aromatic heterocycles. The van der Waals surface area contributed by atoms with Crippen LogP contribution in [0.15, 0.2) is 36.5 Å². The van der Waals surface area contributed by atoms with Gasteiger partial charge in [0, 0.05) is 37.1 Å². The molecule has 1 aliphatic heterocycles. The molecule has 1 aliphatic carbocycles. The molecule has 5 heteroatoms. The number of hydrogen-bond donors (Lipinski definition) is 1. The molecular formula is C18H18FN2O2. The minimum Gasteiger partial charge on any atom is -0.508 e. The monoisotopic (exact) mass is 313 g/mol. The van der Waals surface area contributed by atoms with Crippen LogP contribution in [0, 0.1) is 23.8 Å². The minimum absolute atomic E-state index is 0.0546. The van der Waals surface area contributed by atoms with E-state index in [0.717, 1.165) is 31.6 Å². The minimum atomic E-state index is -0.541. The first-order valence-electron chi connectivity index (χ1n) is 7.92. The van der Waals surface area contributed by atoms with E-state index in [2.05, 4.69) is 16.0 Å². The molecule has 1 saturated carbocycles. The third-order valence-corrected chi connectivity index (χ3v) is 4.84. The van der Waals surface area contributed by atoms with Gasteiger partial charge in [-0.2, -0.15) is 4.39 Å². The Labute approximate surface area is 134 Å². The number of halogens is 1. The summed E-state index contributed by atoms with van der Waals surface area (Å²) in [5.41, 5.74) is 0.940. The Morgan fingerprint density at radius 2 is 2.04 bits per heavy atom. The molecule has 4 nitrogen and oxygen atoms in total. The van der Waals surface area contributed by atoms with Gasteiger partial charge in [-0.15, -0.1) is 0 Å². The predicted octanol–water partition coefficient (Wildman–Crippen LogP) is 3.02. The van der Waals surface area contributed by atoms with Crippen LogP contribution in [0.4, 0.5) is 10.1 Å². The maximum absolute atomic E-state index is 13.6. The lowest BCUT2D eigenvalue weighted by Crippen LogP contribution is -2.24. The fraction of sp³-hybridized carbons (Fsp3) is 0.389. The highest BCUT2D eigenvalue weighted by Gasteiger charge is 2.42. The molecule has 3 atom stereocenters. The zero-order valence-corrected chi connectivity index (χ0v) is 12.7. The van der Waals surface area contributed by atoms with E-state index >= 15 is 0 Å². The van der Waals surface area contributed by atoms with Crippen LogP contribution in [-0.4, -0.2) is 29.3 Å². The van der Waals surface area contributed by atoms with Crippen molar-refractivity contribution < 1.29 is 14.2 Å². The van der Waals surface area contributed by atoms with Crippen molar-refractivity contribution >= 4 is 5.69 Å². The highest BCUT2D eigenvalue weighted by Crippen LogP contribution is 2.41. The fourth-order valence-electron chi connectivity index (χ4n) is 3.80. The summed E-state index contributed by atoms with van der Waals surface area (Å²) in [6.07, 6.45) is 3.33. The molecule has 23 heavy (non-hydrogen) atoms. The van der Waals surface area contributed by atoms with Crippen LogP contribution in [-0.2, 0) is 0 Å². The van der Waals surface area contributed by atoms with E-state index in [9.17, 15) is 9.50 Å². The van der Waals surface area contributed by atoms with Crippen molar-refractivity contribution in [2.45, 2.75) is 18.9 Å². The summed E-state index contributed by atoms with van der Waals surface area (Å²) in [7, 11) is 0. The van der Waals surface area contributed by atoms with Gasteiger partial charge in [0.15, 0.2) is 5.75 Å². The lowest BCUT2D eigenvalue weighted by molar-refractivity contribution is 0.189. The Bertz CT molecular complexity index is 695. The summed E-state index contributed by atoms with van der Waals surface area (Å²) >= 11 is 0. The summed E-state index contributed by atoms with van der Waals surface area (Å²) in [5.74, 6) is 1.05. The molecule has 1 N–H and O–H groups in total. The van der Waals surface area contributed by atoms with E-state index in [-0.39, 0.29) is 17.6 Å². The predicted molar refractivity (Wildman–Crippen MR) is 84.0 cm³/mol. The number of aromatic hydroxyl groups is 1. The van der Waals surface area contributed by atoms with Gasteiger partial charge >= 0.3 is 0 Å². The Morgan fingerprint density at radius 3 is 2.74 bits per heavy atom. The molecule has 1 radical (unpaired) electrons. The number of benzene rings is 1. The molecule has 1 saturated heterocycles. The molecule has 119 valence electrons. The SMILES string of the molecule is Oc1cc[c]c(N2C[C@H]3CC(Oc4cccnc4F)C[C@H]3C2)c1. The number of phenols is 1. The molecular weight excluding hydrogens is 295 g/mol. The molecule has 1 aromatic carbocycles. The van der Waals surface area contributed by atoms with E-state index in [1.807, 2.05) is 0 Å². The van der Waals surface area contributed by atoms with Crippen molar-refractivity contribution in [1.82, 2.24) is 4.98 Å². The van der Waals surface area contributed by atoms with Crippen LogP contribution in [0.2, 0.25) is 0 Å². The van der Waals surface area contributed by atoms with Crippen molar-refractivity contribution in [2.24, 2.45) is 11.8 Å². The fourth-order valence-corrected chi connectivity index (χ4v) is 3.80. The number of anilines is 1. The lowest BCUT2D eigenvalue weighted by atomic mass is 10.0. The smallest absolute Gasteiger partial charge is 0.255 e. The van der Waals surface area contributed by atoms with E-state index in [1.165, 1.54) is 6.20 Å². The van der Waals surface area contributed by atoms with Gasteiger partial charge in [0.2, 0.25) is 0 Å². The lowest BCUT2D eigenvalue weighted by Gasteiger charge is -2.21. The molecule has 2 fully saturated rings. The zero-order valence-electron chi connectivity index (χ0n) is 12.7. The maximum Gasteiger partial charge on any atom is 0.255 e. The molecule has 0 amide bonds. The number of pyridine rings is 1. The quantitative estimate of drug-likeness (QED) is 0.885. The second-order valence-corrected chi connectivity index (χ2v) is 6.36. The molecule has 2 heterocycles. The second-order valence-electron chi connectivity index (χ2n) is 6.36. The van der Waals surface area contributed by atoms with Crippen LogP contribution >= 0.6 is 0 Å². The molecule has 0 spiro atoms. The topological polar surface area (TPSA) is 45.6 Å². The van der Waals surface area contributed by atoms with E-state index < -0.39 is 5.95 Å². The number of ether oxygens (including phenoxy) is 1. The Morgan fingerprint density at radius 1 is 1.26 bits per heavy atom. The Hall–Kier alpha value is -2.30. The first kappa shape index (κ1) is 14.3. The van der Waals surface area contributed by atoms with Crippen LogP contribution < -0.4 is 9.64 Å². The summed E-state index contributed by atoms with van der Waals surface area (Å²) < 4.78 is 19.4. The number of phenolic OH excluding ortho intramolecular Hbond substituents is 1. The highest BCUT2D eigenvalue weighted by atomic mass is 19.1. The zero-order chi connectivity index (χ0) is 15.8. The molecule has 2 aliphatic rings. The Balaban J connectivity index is 1.39. The molecule has 2 aromatic rings. The third-order valence-electron chi connectivity index (χ3n) is 4.84. The summed E-state index contributed by atoms with van der Waals surface area (Å²) in [6.45, 7) is 1.86. The van der Waals surface area contributed by atoms with Gasteiger partial charge in [0.1, 0.15) is 5.75 Å².